The highest BCUT2D eigenvalue weighted by Crippen LogP contribution is 2.22. The summed E-state index contributed by atoms with van der Waals surface area (Å²) in [5.41, 5.74) is 1.76. The molecule has 0 spiro atoms. The first-order valence-corrected chi connectivity index (χ1v) is 8.90. The second-order valence-corrected chi connectivity index (χ2v) is 6.64. The Balaban J connectivity index is 1.56. The first kappa shape index (κ1) is 17.3. The van der Waals surface area contributed by atoms with Gasteiger partial charge in [-0.2, -0.15) is 0 Å². The van der Waals surface area contributed by atoms with Crippen molar-refractivity contribution >= 4 is 23.5 Å². The molecule has 8 heteroatoms. The summed E-state index contributed by atoms with van der Waals surface area (Å²) in [6.45, 7) is 1.85. The van der Waals surface area contributed by atoms with Gasteiger partial charge in [0, 0.05) is 38.5 Å². The fourth-order valence-corrected chi connectivity index (χ4v) is 3.35. The van der Waals surface area contributed by atoms with Crippen LogP contribution in [-0.2, 0) is 7.05 Å². The highest BCUT2D eigenvalue weighted by molar-refractivity contribution is 5.84. The molecule has 0 aliphatic carbocycles. The van der Waals surface area contributed by atoms with Crippen molar-refractivity contribution in [3.8, 4) is 0 Å². The monoisotopic (exact) mass is 368 g/mol. The Labute approximate surface area is 156 Å². The van der Waals surface area contributed by atoms with Crippen LogP contribution >= 0.6 is 0 Å². The Bertz CT molecular complexity index is 967. The van der Waals surface area contributed by atoms with Crippen LogP contribution in [0.3, 0.4) is 0 Å². The molecular weight excluding hydrogens is 347 g/mol. The van der Waals surface area contributed by atoms with Crippen molar-refractivity contribution in [3.05, 3.63) is 58.3 Å². The van der Waals surface area contributed by atoms with Gasteiger partial charge >= 0.3 is 0 Å². The maximum absolute atomic E-state index is 13.9. The first-order chi connectivity index (χ1) is 13.1. The van der Waals surface area contributed by atoms with Gasteiger partial charge in [0.2, 0.25) is 5.95 Å². The highest BCUT2D eigenvalue weighted by atomic mass is 19.1. The van der Waals surface area contributed by atoms with Crippen molar-refractivity contribution in [2.75, 3.05) is 30.0 Å². The van der Waals surface area contributed by atoms with E-state index in [2.05, 4.69) is 20.5 Å². The molecule has 1 atom stereocenters. The molecule has 0 amide bonds. The number of nitrogens with zero attached hydrogens (tertiary/aromatic N) is 4. The Kier molecular flexibility index (Phi) is 4.62. The van der Waals surface area contributed by atoms with Crippen LogP contribution in [0.25, 0.3) is 5.70 Å². The summed E-state index contributed by atoms with van der Waals surface area (Å²) >= 11 is 0. The van der Waals surface area contributed by atoms with Crippen LogP contribution in [0.5, 0.6) is 0 Å². The van der Waals surface area contributed by atoms with Gasteiger partial charge in [0.25, 0.3) is 5.56 Å². The van der Waals surface area contributed by atoms with Crippen molar-refractivity contribution < 1.29 is 4.39 Å². The zero-order chi connectivity index (χ0) is 18.8. The van der Waals surface area contributed by atoms with E-state index >= 15 is 0 Å². The summed E-state index contributed by atoms with van der Waals surface area (Å²) in [7, 11) is 1.72. The van der Waals surface area contributed by atoms with E-state index in [1.165, 1.54) is 12.1 Å². The molecule has 1 saturated heterocycles. The topological polar surface area (TPSA) is 74.6 Å². The summed E-state index contributed by atoms with van der Waals surface area (Å²) in [6, 6.07) is 8.26. The molecule has 1 aromatic heterocycles. The largest absolute Gasteiger partial charge is 0.378 e. The third kappa shape index (κ3) is 3.55. The molecule has 1 aromatic carbocycles. The third-order valence-corrected chi connectivity index (χ3v) is 4.80. The first-order valence-electron chi connectivity index (χ1n) is 8.90. The van der Waals surface area contributed by atoms with E-state index in [4.69, 9.17) is 4.98 Å². The van der Waals surface area contributed by atoms with E-state index in [1.54, 1.807) is 36.0 Å². The van der Waals surface area contributed by atoms with E-state index in [-0.39, 0.29) is 17.4 Å². The molecule has 0 radical (unpaired) electrons. The lowest BCUT2D eigenvalue weighted by Crippen LogP contribution is -2.33. The fourth-order valence-electron chi connectivity index (χ4n) is 3.35. The predicted octanol–water partition coefficient (Wildman–Crippen LogP) is 1.58. The van der Waals surface area contributed by atoms with E-state index in [0.717, 1.165) is 18.7 Å². The van der Waals surface area contributed by atoms with Gasteiger partial charge in [-0.25, -0.2) is 9.37 Å². The molecular formula is C19H21FN6O. The van der Waals surface area contributed by atoms with E-state index in [1.807, 2.05) is 6.08 Å². The third-order valence-electron chi connectivity index (χ3n) is 4.80. The van der Waals surface area contributed by atoms with E-state index < -0.39 is 0 Å². The molecule has 2 aromatic rings. The van der Waals surface area contributed by atoms with Crippen molar-refractivity contribution in [1.82, 2.24) is 14.9 Å². The maximum atomic E-state index is 13.9. The van der Waals surface area contributed by atoms with Gasteiger partial charge < -0.3 is 15.5 Å². The Hall–Kier alpha value is -3.16. The molecule has 27 heavy (non-hydrogen) atoms. The minimum absolute atomic E-state index is 0.0848. The van der Waals surface area contributed by atoms with Crippen LogP contribution in [0, 0.1) is 5.82 Å². The van der Waals surface area contributed by atoms with Gasteiger partial charge in [-0.15, -0.1) is 0 Å². The van der Waals surface area contributed by atoms with Gasteiger partial charge in [-0.3, -0.25) is 14.4 Å². The molecule has 1 fully saturated rings. The number of anilines is 2. The number of aliphatic imine (C=N–C) groups is 1. The van der Waals surface area contributed by atoms with E-state index in [0.29, 0.717) is 30.5 Å². The summed E-state index contributed by atoms with van der Waals surface area (Å²) in [4.78, 5) is 23.2. The SMILES string of the molecule is Cn1c(N2CC[C@@H](Nc3ccccc3F)C2)nc(C2=CC=NCN2)cc1=O. The number of nitrogens with one attached hydrogen (secondary N) is 2. The average molecular weight is 368 g/mol. The molecule has 7 nitrogen and oxygen atoms in total. The van der Waals surface area contributed by atoms with Crippen molar-refractivity contribution in [1.29, 1.82) is 0 Å². The lowest BCUT2D eigenvalue weighted by molar-refractivity contribution is 0.626. The average Bonchev–Trinajstić information content (AvgIpc) is 3.15. The Morgan fingerprint density at radius 2 is 2.19 bits per heavy atom. The molecule has 0 unspecified atom stereocenters. The van der Waals surface area contributed by atoms with Gasteiger partial charge in [0.1, 0.15) is 12.5 Å². The predicted molar refractivity (Wildman–Crippen MR) is 105 cm³/mol. The van der Waals surface area contributed by atoms with Crippen LogP contribution in [0.4, 0.5) is 16.0 Å². The van der Waals surface area contributed by atoms with Crippen LogP contribution in [-0.4, -0.2) is 41.6 Å². The Morgan fingerprint density at radius 1 is 1.33 bits per heavy atom. The number of aromatic nitrogens is 2. The zero-order valence-corrected chi connectivity index (χ0v) is 15.0. The van der Waals surface area contributed by atoms with Crippen LogP contribution < -0.4 is 21.1 Å². The zero-order valence-electron chi connectivity index (χ0n) is 15.0. The van der Waals surface area contributed by atoms with Crippen molar-refractivity contribution in [2.45, 2.75) is 12.5 Å². The normalized spacial score (nSPS) is 19.0. The summed E-state index contributed by atoms with van der Waals surface area (Å²) < 4.78 is 15.4. The smallest absolute Gasteiger partial charge is 0.255 e. The number of benzene rings is 1. The van der Waals surface area contributed by atoms with Crippen molar-refractivity contribution in [2.24, 2.45) is 12.0 Å². The molecule has 0 bridgehead atoms. The standard InChI is InChI=1S/C19H21FN6O/c1-25-18(27)10-17(16-6-8-21-12-22-16)24-19(25)26-9-7-13(11-26)23-15-5-3-2-4-14(15)20/h2-6,8,10,13,22-23H,7,9,11-12H2,1H3/t13-/m1/s1. The number of allylic oxidation sites excluding steroid dienone is 1. The summed E-state index contributed by atoms with van der Waals surface area (Å²) in [6.07, 6.45) is 4.35. The van der Waals surface area contributed by atoms with Crippen LogP contribution in [0.1, 0.15) is 12.1 Å². The lowest BCUT2D eigenvalue weighted by Gasteiger charge is -2.22. The number of para-hydroxylation sites is 1. The number of hydrogen-bond acceptors (Lipinski definition) is 6. The lowest BCUT2D eigenvalue weighted by atomic mass is 10.2. The van der Waals surface area contributed by atoms with Crippen molar-refractivity contribution in [3.63, 3.8) is 0 Å². The molecule has 2 N–H and O–H groups in total. The quantitative estimate of drug-likeness (QED) is 0.857. The molecule has 2 aliphatic rings. The molecule has 140 valence electrons. The highest BCUT2D eigenvalue weighted by Gasteiger charge is 2.26. The van der Waals surface area contributed by atoms with Gasteiger partial charge in [0.05, 0.1) is 17.1 Å². The molecule has 0 saturated carbocycles. The number of rotatable bonds is 4. The van der Waals surface area contributed by atoms with Gasteiger partial charge in [-0.1, -0.05) is 12.1 Å². The van der Waals surface area contributed by atoms with Gasteiger partial charge in [0.15, 0.2) is 0 Å². The van der Waals surface area contributed by atoms with Gasteiger partial charge in [-0.05, 0) is 24.6 Å². The Morgan fingerprint density at radius 3 is 2.96 bits per heavy atom. The minimum Gasteiger partial charge on any atom is -0.378 e. The number of hydrogen-bond donors (Lipinski definition) is 2. The maximum Gasteiger partial charge on any atom is 0.255 e. The molecule has 4 rings (SSSR count). The van der Waals surface area contributed by atoms with Crippen LogP contribution in [0.15, 0.2) is 46.2 Å². The minimum atomic E-state index is -0.263. The second-order valence-electron chi connectivity index (χ2n) is 6.64. The number of halogens is 1. The summed E-state index contributed by atoms with van der Waals surface area (Å²) in [5, 5.41) is 6.38. The summed E-state index contributed by atoms with van der Waals surface area (Å²) in [5.74, 6) is 0.348. The van der Waals surface area contributed by atoms with E-state index in [9.17, 15) is 9.18 Å². The molecule has 2 aliphatic heterocycles. The second kappa shape index (κ2) is 7.22. The fraction of sp³-hybridized carbons (Fsp3) is 0.316. The molecule has 3 heterocycles. The van der Waals surface area contributed by atoms with Crippen LogP contribution in [0.2, 0.25) is 0 Å².